The van der Waals surface area contributed by atoms with Crippen LogP contribution in [0, 0.1) is 6.92 Å². The van der Waals surface area contributed by atoms with Crippen molar-refractivity contribution >= 4 is 5.78 Å². The molecule has 0 atom stereocenters. The number of Topliss-reactive ketones (excluding diaryl/α,β-unsaturated/α-hetero) is 1. The SMILES string of the molecule is C.C.CC.CC.CC(=O)c1ccccc1.Cc1ccccc1. The normalized spacial score (nSPS) is 7.00. The monoisotopic (exact) mass is 304 g/mol. The van der Waals surface area contributed by atoms with E-state index in [1.807, 2.05) is 76.2 Å². The smallest absolute Gasteiger partial charge is 0.159 e. The summed E-state index contributed by atoms with van der Waals surface area (Å²) in [5, 5.41) is 0. The fraction of sp³-hybridized carbons (Fsp3) is 0.381. The maximum absolute atomic E-state index is 10.6. The highest BCUT2D eigenvalue weighted by atomic mass is 16.1. The summed E-state index contributed by atoms with van der Waals surface area (Å²) >= 11 is 0. The maximum atomic E-state index is 10.6. The van der Waals surface area contributed by atoms with Crippen LogP contribution in [0.5, 0.6) is 0 Å². The van der Waals surface area contributed by atoms with Crippen molar-refractivity contribution in [2.75, 3.05) is 0 Å². The van der Waals surface area contributed by atoms with Gasteiger partial charge in [0.05, 0.1) is 0 Å². The minimum absolute atomic E-state index is 0. The molecule has 0 unspecified atom stereocenters. The highest BCUT2D eigenvalue weighted by Gasteiger charge is 1.92. The molecule has 22 heavy (non-hydrogen) atoms. The van der Waals surface area contributed by atoms with Crippen LogP contribution in [0.15, 0.2) is 60.7 Å². The van der Waals surface area contributed by atoms with E-state index in [1.54, 1.807) is 6.92 Å². The van der Waals surface area contributed by atoms with E-state index in [0.29, 0.717) is 0 Å². The summed E-state index contributed by atoms with van der Waals surface area (Å²) in [6.45, 7) is 11.6. The van der Waals surface area contributed by atoms with Crippen LogP contribution in [0.3, 0.4) is 0 Å². The lowest BCUT2D eigenvalue weighted by Crippen LogP contribution is -1.88. The van der Waals surface area contributed by atoms with Crippen LogP contribution in [0.4, 0.5) is 0 Å². The zero-order valence-electron chi connectivity index (χ0n) is 13.7. The third-order valence-corrected chi connectivity index (χ3v) is 2.12. The average Bonchev–Trinajstić information content (AvgIpc) is 2.53. The van der Waals surface area contributed by atoms with E-state index < -0.39 is 0 Å². The van der Waals surface area contributed by atoms with Crippen LogP contribution in [-0.4, -0.2) is 5.78 Å². The zero-order chi connectivity index (χ0) is 15.8. The Hall–Kier alpha value is -1.89. The number of hydrogen-bond acceptors (Lipinski definition) is 1. The van der Waals surface area contributed by atoms with Crippen molar-refractivity contribution < 1.29 is 4.79 Å². The Labute approximate surface area is 139 Å². The first-order valence-corrected chi connectivity index (χ1v) is 7.28. The second kappa shape index (κ2) is 21.4. The van der Waals surface area contributed by atoms with Crippen LogP contribution in [-0.2, 0) is 0 Å². The van der Waals surface area contributed by atoms with Crippen LogP contribution in [0.25, 0.3) is 0 Å². The van der Waals surface area contributed by atoms with E-state index >= 15 is 0 Å². The first kappa shape index (κ1) is 28.3. The van der Waals surface area contributed by atoms with Crippen molar-refractivity contribution in [2.45, 2.75) is 56.4 Å². The highest BCUT2D eigenvalue weighted by molar-refractivity contribution is 5.93. The van der Waals surface area contributed by atoms with Gasteiger partial charge in [-0.1, -0.05) is 109 Å². The van der Waals surface area contributed by atoms with Crippen LogP contribution in [0.1, 0.15) is 65.4 Å². The Morgan fingerprint density at radius 1 is 0.682 bits per heavy atom. The number of aryl methyl sites for hydroxylation is 1. The van der Waals surface area contributed by atoms with Crippen molar-refractivity contribution in [3.63, 3.8) is 0 Å². The summed E-state index contributed by atoms with van der Waals surface area (Å²) in [5.41, 5.74) is 2.10. The van der Waals surface area contributed by atoms with Gasteiger partial charge in [-0.3, -0.25) is 4.79 Å². The van der Waals surface area contributed by atoms with Gasteiger partial charge in [0.2, 0.25) is 0 Å². The topological polar surface area (TPSA) is 17.1 Å². The molecule has 0 aliphatic heterocycles. The Morgan fingerprint density at radius 3 is 1.18 bits per heavy atom. The van der Waals surface area contributed by atoms with Gasteiger partial charge in [-0.15, -0.1) is 0 Å². The molecule has 0 aromatic heterocycles. The molecular weight excluding hydrogens is 268 g/mol. The quantitative estimate of drug-likeness (QED) is 0.509. The lowest BCUT2D eigenvalue weighted by atomic mass is 10.2. The molecule has 0 N–H and O–H groups in total. The average molecular weight is 305 g/mol. The van der Waals surface area contributed by atoms with Gasteiger partial charge in [-0.25, -0.2) is 0 Å². The lowest BCUT2D eigenvalue weighted by molar-refractivity contribution is 0.101. The molecular formula is C21H36O. The zero-order valence-corrected chi connectivity index (χ0v) is 13.7. The van der Waals surface area contributed by atoms with Crippen LogP contribution >= 0.6 is 0 Å². The van der Waals surface area contributed by atoms with Gasteiger partial charge in [0.1, 0.15) is 0 Å². The van der Waals surface area contributed by atoms with Crippen LogP contribution < -0.4 is 0 Å². The summed E-state index contributed by atoms with van der Waals surface area (Å²) in [6.07, 6.45) is 0. The minimum Gasteiger partial charge on any atom is -0.295 e. The Bertz CT molecular complexity index is 418. The third kappa shape index (κ3) is 16.2. The summed E-state index contributed by atoms with van der Waals surface area (Å²) in [6, 6.07) is 19.5. The number of carbonyl (C=O) groups excluding carboxylic acids is 1. The first-order chi connectivity index (χ1) is 9.70. The predicted octanol–water partition coefficient (Wildman–Crippen LogP) is 7.21. The van der Waals surface area contributed by atoms with Crippen molar-refractivity contribution in [3.05, 3.63) is 71.8 Å². The van der Waals surface area contributed by atoms with Crippen LogP contribution in [0.2, 0.25) is 0 Å². The van der Waals surface area contributed by atoms with Gasteiger partial charge in [0, 0.05) is 5.56 Å². The van der Waals surface area contributed by atoms with Crippen molar-refractivity contribution in [1.82, 2.24) is 0 Å². The van der Waals surface area contributed by atoms with E-state index in [2.05, 4.69) is 19.1 Å². The first-order valence-electron chi connectivity index (χ1n) is 7.28. The fourth-order valence-electron chi connectivity index (χ4n) is 1.21. The number of carbonyl (C=O) groups is 1. The largest absolute Gasteiger partial charge is 0.295 e. The van der Waals surface area contributed by atoms with Gasteiger partial charge in [0.25, 0.3) is 0 Å². The molecule has 0 amide bonds. The van der Waals surface area contributed by atoms with Gasteiger partial charge >= 0.3 is 0 Å². The van der Waals surface area contributed by atoms with Gasteiger partial charge in [-0.05, 0) is 13.8 Å². The second-order valence-corrected chi connectivity index (χ2v) is 3.58. The predicted molar refractivity (Wildman–Crippen MR) is 104 cm³/mol. The highest BCUT2D eigenvalue weighted by Crippen LogP contribution is 1.97. The van der Waals surface area contributed by atoms with E-state index in [0.717, 1.165) is 5.56 Å². The molecule has 2 aromatic rings. The molecule has 0 aliphatic carbocycles. The molecule has 1 heteroatoms. The van der Waals surface area contributed by atoms with Gasteiger partial charge < -0.3 is 0 Å². The molecule has 0 saturated carbocycles. The number of benzene rings is 2. The number of ketones is 1. The molecule has 0 aliphatic rings. The lowest BCUT2D eigenvalue weighted by Gasteiger charge is -1.89. The number of rotatable bonds is 1. The fourth-order valence-corrected chi connectivity index (χ4v) is 1.21. The summed E-state index contributed by atoms with van der Waals surface area (Å²) in [7, 11) is 0. The molecule has 2 rings (SSSR count). The van der Waals surface area contributed by atoms with Gasteiger partial charge in [0.15, 0.2) is 5.78 Å². The summed E-state index contributed by atoms with van der Waals surface area (Å²) in [4.78, 5) is 10.6. The second-order valence-electron chi connectivity index (χ2n) is 3.58. The molecule has 0 spiro atoms. The van der Waals surface area contributed by atoms with Crippen molar-refractivity contribution in [1.29, 1.82) is 0 Å². The summed E-state index contributed by atoms with van der Waals surface area (Å²) in [5.74, 6) is 0.121. The molecule has 0 bridgehead atoms. The minimum atomic E-state index is 0. The molecule has 1 nitrogen and oxygen atoms in total. The van der Waals surface area contributed by atoms with E-state index in [1.165, 1.54) is 5.56 Å². The standard InChI is InChI=1S/C8H8O.C7H8.2C2H6.2CH4/c1-7(9)8-5-3-2-4-6-8;1-7-5-3-2-4-6-7;2*1-2;;/h2-6H,1H3;2-6H,1H3;2*1-2H3;2*1H4. The molecule has 0 radical (unpaired) electrons. The number of hydrogen-bond donors (Lipinski definition) is 0. The van der Waals surface area contributed by atoms with E-state index in [4.69, 9.17) is 0 Å². The van der Waals surface area contributed by atoms with Crippen molar-refractivity contribution in [3.8, 4) is 0 Å². The molecule has 2 aromatic carbocycles. The maximum Gasteiger partial charge on any atom is 0.159 e. The molecule has 126 valence electrons. The Balaban J connectivity index is -0.000000113. The molecule has 0 heterocycles. The van der Waals surface area contributed by atoms with Gasteiger partial charge in [-0.2, -0.15) is 0 Å². The molecule has 0 fully saturated rings. The molecule has 0 saturated heterocycles. The van der Waals surface area contributed by atoms with E-state index in [-0.39, 0.29) is 20.6 Å². The Kier molecular flexibility index (Phi) is 27.5. The third-order valence-electron chi connectivity index (χ3n) is 2.12. The van der Waals surface area contributed by atoms with E-state index in [9.17, 15) is 4.79 Å². The Morgan fingerprint density at radius 2 is 1.00 bits per heavy atom. The summed E-state index contributed by atoms with van der Waals surface area (Å²) < 4.78 is 0. The van der Waals surface area contributed by atoms with Crippen molar-refractivity contribution in [2.24, 2.45) is 0 Å².